The van der Waals surface area contributed by atoms with Crippen LogP contribution in [0.3, 0.4) is 0 Å². The summed E-state index contributed by atoms with van der Waals surface area (Å²) in [6.07, 6.45) is 8.14. The van der Waals surface area contributed by atoms with Crippen LogP contribution in [0.1, 0.15) is 51.9 Å². The first-order valence-corrected chi connectivity index (χ1v) is 5.45. The Balaban J connectivity index is 1.93. The zero-order chi connectivity index (χ0) is 9.68. The van der Waals surface area contributed by atoms with Gasteiger partial charge in [0, 0.05) is 5.97 Å². The summed E-state index contributed by atoms with van der Waals surface area (Å²) < 4.78 is 0. The molecule has 0 amide bonds. The van der Waals surface area contributed by atoms with Crippen molar-refractivity contribution in [2.24, 2.45) is 11.8 Å². The van der Waals surface area contributed by atoms with Crippen molar-refractivity contribution in [2.45, 2.75) is 51.9 Å². The third-order valence-electron chi connectivity index (χ3n) is 3.03. The highest BCUT2D eigenvalue weighted by Crippen LogP contribution is 2.36. The van der Waals surface area contributed by atoms with Crippen molar-refractivity contribution in [1.82, 2.24) is 0 Å². The Morgan fingerprint density at radius 1 is 1.31 bits per heavy atom. The highest BCUT2D eigenvalue weighted by molar-refractivity contribution is 5.68. The highest BCUT2D eigenvalue weighted by atomic mass is 16.4. The second kappa shape index (κ2) is 5.25. The summed E-state index contributed by atoms with van der Waals surface area (Å²) in [4.78, 5) is 10.4. The number of hydrogen-bond acceptors (Lipinski definition) is 2. The number of carboxylic acid groups (broad SMARTS) is 1. The maximum atomic E-state index is 10.4. The summed E-state index contributed by atoms with van der Waals surface area (Å²) in [6.45, 7) is 2.20. The number of unbranched alkanes of at least 4 members (excludes halogenated alkanes) is 3. The maximum Gasteiger partial charge on any atom is 0.0445 e. The lowest BCUT2D eigenvalue weighted by molar-refractivity contribution is -0.315. The molecule has 0 aromatic carbocycles. The van der Waals surface area contributed by atoms with Crippen molar-refractivity contribution >= 4 is 5.97 Å². The zero-order valence-electron chi connectivity index (χ0n) is 8.42. The summed E-state index contributed by atoms with van der Waals surface area (Å²) in [7, 11) is 0. The largest absolute Gasteiger partial charge is 0.550 e. The van der Waals surface area contributed by atoms with Gasteiger partial charge in [-0.3, -0.25) is 0 Å². The fourth-order valence-electron chi connectivity index (χ4n) is 2.02. The standard InChI is InChI=1S/C11H20O2/c1-2-3-4-5-6-9-7-10(8-9)11(12)13/h9-10H,2-8H2,1H3,(H,12,13)/p-1. The molecule has 76 valence electrons. The first-order chi connectivity index (χ1) is 6.24. The molecule has 0 aliphatic heterocycles. The molecule has 0 aromatic rings. The normalized spacial score (nSPS) is 26.8. The molecule has 0 spiro atoms. The monoisotopic (exact) mass is 183 g/mol. The van der Waals surface area contributed by atoms with E-state index in [1.54, 1.807) is 0 Å². The number of rotatable bonds is 6. The predicted octanol–water partition coefficient (Wildman–Crippen LogP) is 1.73. The number of aliphatic carboxylic acids is 1. The second-order valence-corrected chi connectivity index (χ2v) is 4.20. The van der Waals surface area contributed by atoms with Crippen molar-refractivity contribution in [3.8, 4) is 0 Å². The SMILES string of the molecule is CCCCCCC1CC(C(=O)[O-])C1. The molecule has 0 heterocycles. The van der Waals surface area contributed by atoms with Gasteiger partial charge in [0.2, 0.25) is 0 Å². The van der Waals surface area contributed by atoms with Crippen molar-refractivity contribution in [1.29, 1.82) is 0 Å². The van der Waals surface area contributed by atoms with E-state index in [9.17, 15) is 9.90 Å². The van der Waals surface area contributed by atoms with Gasteiger partial charge in [0.15, 0.2) is 0 Å². The van der Waals surface area contributed by atoms with Gasteiger partial charge in [-0.05, 0) is 24.7 Å². The van der Waals surface area contributed by atoms with Crippen molar-refractivity contribution in [2.75, 3.05) is 0 Å². The molecule has 0 radical (unpaired) electrons. The average Bonchev–Trinajstić information content (AvgIpc) is 2.00. The van der Waals surface area contributed by atoms with E-state index in [0.29, 0.717) is 5.92 Å². The quantitative estimate of drug-likeness (QED) is 0.588. The molecule has 2 nitrogen and oxygen atoms in total. The molecule has 13 heavy (non-hydrogen) atoms. The van der Waals surface area contributed by atoms with E-state index < -0.39 is 5.97 Å². The molecule has 0 aromatic heterocycles. The van der Waals surface area contributed by atoms with Gasteiger partial charge in [-0.15, -0.1) is 0 Å². The van der Waals surface area contributed by atoms with Gasteiger partial charge in [-0.25, -0.2) is 0 Å². The lowest BCUT2D eigenvalue weighted by Gasteiger charge is -2.36. The minimum atomic E-state index is -0.843. The Morgan fingerprint density at radius 3 is 2.54 bits per heavy atom. The minimum Gasteiger partial charge on any atom is -0.550 e. The summed E-state index contributed by atoms with van der Waals surface area (Å²) in [6, 6.07) is 0. The Bertz CT molecular complexity index is 159. The van der Waals surface area contributed by atoms with Crippen LogP contribution >= 0.6 is 0 Å². The lowest BCUT2D eigenvalue weighted by Crippen LogP contribution is -2.39. The fraction of sp³-hybridized carbons (Fsp3) is 0.909. The Kier molecular flexibility index (Phi) is 4.26. The Labute approximate surface area is 80.3 Å². The van der Waals surface area contributed by atoms with Crippen LogP contribution in [0.25, 0.3) is 0 Å². The van der Waals surface area contributed by atoms with Crippen LogP contribution < -0.4 is 5.11 Å². The van der Waals surface area contributed by atoms with Crippen LogP contribution in [-0.4, -0.2) is 5.97 Å². The molecule has 1 saturated carbocycles. The Morgan fingerprint density at radius 2 is 2.00 bits per heavy atom. The fourth-order valence-corrected chi connectivity index (χ4v) is 2.02. The number of hydrogen-bond donors (Lipinski definition) is 0. The first-order valence-electron chi connectivity index (χ1n) is 5.45. The molecular weight excluding hydrogens is 164 g/mol. The van der Waals surface area contributed by atoms with E-state index >= 15 is 0 Å². The van der Waals surface area contributed by atoms with Crippen LogP contribution in [0.2, 0.25) is 0 Å². The molecule has 0 saturated heterocycles. The van der Waals surface area contributed by atoms with Crippen molar-refractivity contribution in [3.63, 3.8) is 0 Å². The van der Waals surface area contributed by atoms with Crippen LogP contribution in [0.15, 0.2) is 0 Å². The van der Waals surface area contributed by atoms with Gasteiger partial charge in [0.25, 0.3) is 0 Å². The molecule has 1 fully saturated rings. The van der Waals surface area contributed by atoms with E-state index in [-0.39, 0.29) is 5.92 Å². The Hall–Kier alpha value is -0.530. The smallest absolute Gasteiger partial charge is 0.0445 e. The summed E-state index contributed by atoms with van der Waals surface area (Å²) in [5.41, 5.74) is 0. The van der Waals surface area contributed by atoms with Crippen LogP contribution in [-0.2, 0) is 4.79 Å². The minimum absolute atomic E-state index is 0.129. The van der Waals surface area contributed by atoms with E-state index in [0.717, 1.165) is 12.8 Å². The molecule has 1 aliphatic rings. The van der Waals surface area contributed by atoms with Gasteiger partial charge in [0.1, 0.15) is 0 Å². The van der Waals surface area contributed by atoms with Gasteiger partial charge in [0.05, 0.1) is 0 Å². The molecule has 1 rings (SSSR count). The third kappa shape index (κ3) is 3.37. The van der Waals surface area contributed by atoms with E-state index in [2.05, 4.69) is 6.92 Å². The molecular formula is C11H19O2-. The zero-order valence-corrected chi connectivity index (χ0v) is 8.42. The topological polar surface area (TPSA) is 40.1 Å². The molecule has 0 unspecified atom stereocenters. The van der Waals surface area contributed by atoms with Gasteiger partial charge >= 0.3 is 0 Å². The van der Waals surface area contributed by atoms with E-state index in [1.807, 2.05) is 0 Å². The lowest BCUT2D eigenvalue weighted by atomic mass is 9.72. The molecule has 0 atom stereocenters. The summed E-state index contributed by atoms with van der Waals surface area (Å²) in [5.74, 6) is -0.291. The summed E-state index contributed by atoms with van der Waals surface area (Å²) in [5, 5.41) is 10.4. The third-order valence-corrected chi connectivity index (χ3v) is 3.03. The van der Waals surface area contributed by atoms with Crippen molar-refractivity contribution in [3.05, 3.63) is 0 Å². The van der Waals surface area contributed by atoms with Gasteiger partial charge < -0.3 is 9.90 Å². The number of carbonyl (C=O) groups is 1. The first kappa shape index (κ1) is 10.6. The van der Waals surface area contributed by atoms with E-state index in [1.165, 1.54) is 32.1 Å². The summed E-state index contributed by atoms with van der Waals surface area (Å²) >= 11 is 0. The second-order valence-electron chi connectivity index (χ2n) is 4.20. The highest BCUT2D eigenvalue weighted by Gasteiger charge is 2.28. The van der Waals surface area contributed by atoms with Gasteiger partial charge in [-0.2, -0.15) is 0 Å². The molecule has 2 heteroatoms. The maximum absolute atomic E-state index is 10.4. The van der Waals surface area contributed by atoms with Gasteiger partial charge in [-0.1, -0.05) is 39.0 Å². The molecule has 1 aliphatic carbocycles. The van der Waals surface area contributed by atoms with Crippen LogP contribution in [0.4, 0.5) is 0 Å². The van der Waals surface area contributed by atoms with Crippen LogP contribution in [0.5, 0.6) is 0 Å². The van der Waals surface area contributed by atoms with E-state index in [4.69, 9.17) is 0 Å². The average molecular weight is 183 g/mol. The number of carboxylic acids is 1. The molecule has 0 bridgehead atoms. The van der Waals surface area contributed by atoms with Crippen molar-refractivity contribution < 1.29 is 9.90 Å². The van der Waals surface area contributed by atoms with Crippen LogP contribution in [0, 0.1) is 11.8 Å². The molecule has 0 N–H and O–H groups in total. The predicted molar refractivity (Wildman–Crippen MR) is 50.0 cm³/mol. The number of carbonyl (C=O) groups excluding carboxylic acids is 1.